The minimum Gasteiger partial charge on any atom is -0.461 e. The molecule has 3 saturated heterocycles. The van der Waals surface area contributed by atoms with Crippen molar-refractivity contribution in [1.82, 2.24) is 45.5 Å². The number of ether oxygens (including phenoxy) is 1. The highest BCUT2D eigenvalue weighted by molar-refractivity contribution is 7.13. The quantitative estimate of drug-likeness (QED) is 0.0259. The molecule has 1 unspecified atom stereocenters. The first kappa shape index (κ1) is 67.5. The Kier molecular flexibility index (Phi) is 23.7. The lowest BCUT2D eigenvalue weighted by Gasteiger charge is -2.35. The number of pyridine rings is 1. The molecule has 480 valence electrons. The molecule has 89 heavy (non-hydrogen) atoms. The Bertz CT molecular complexity index is 3300. The summed E-state index contributed by atoms with van der Waals surface area (Å²) in [6.07, 6.45) is 2.24. The van der Waals surface area contributed by atoms with Crippen LogP contribution in [-0.2, 0) is 48.0 Å². The molecular formula is C66H86F3N11O8S. The van der Waals surface area contributed by atoms with Gasteiger partial charge in [-0.25, -0.2) is 4.98 Å². The molecule has 0 saturated carbocycles. The van der Waals surface area contributed by atoms with E-state index >= 15 is 0 Å². The van der Waals surface area contributed by atoms with Crippen molar-refractivity contribution in [2.45, 2.75) is 136 Å². The number of H-pyrrole nitrogens is 1. The summed E-state index contributed by atoms with van der Waals surface area (Å²) in [6.45, 7) is 17.5. The van der Waals surface area contributed by atoms with Crippen molar-refractivity contribution in [3.8, 4) is 21.6 Å². The highest BCUT2D eigenvalue weighted by atomic mass is 32.1. The van der Waals surface area contributed by atoms with Crippen LogP contribution in [0.15, 0.2) is 89.3 Å². The number of likely N-dealkylation sites (tertiary alicyclic amines) is 1. The number of thiazole rings is 1. The maximum atomic E-state index is 14.3. The van der Waals surface area contributed by atoms with E-state index in [9.17, 15) is 46.7 Å². The third kappa shape index (κ3) is 19.5. The van der Waals surface area contributed by atoms with Gasteiger partial charge in [0.1, 0.15) is 18.2 Å². The molecule has 3 aromatic carbocycles. The highest BCUT2D eigenvalue weighted by Crippen LogP contribution is 2.36. The maximum Gasteiger partial charge on any atom is 0.417 e. The fourth-order valence-electron chi connectivity index (χ4n) is 11.7. The van der Waals surface area contributed by atoms with Gasteiger partial charge in [0.15, 0.2) is 0 Å². The van der Waals surface area contributed by atoms with Gasteiger partial charge in [0.2, 0.25) is 29.2 Å². The smallest absolute Gasteiger partial charge is 0.417 e. The molecule has 3 fully saturated rings. The van der Waals surface area contributed by atoms with E-state index in [0.29, 0.717) is 56.5 Å². The van der Waals surface area contributed by atoms with Crippen LogP contribution in [0.3, 0.4) is 0 Å². The van der Waals surface area contributed by atoms with E-state index in [1.54, 1.807) is 17.4 Å². The molecule has 0 aliphatic carbocycles. The van der Waals surface area contributed by atoms with E-state index in [2.05, 4.69) is 63.0 Å². The zero-order chi connectivity index (χ0) is 63.8. The third-order valence-corrected chi connectivity index (χ3v) is 17.8. The van der Waals surface area contributed by atoms with Crippen LogP contribution < -0.4 is 31.7 Å². The molecule has 2 aromatic heterocycles. The van der Waals surface area contributed by atoms with Crippen molar-refractivity contribution in [1.29, 1.82) is 0 Å². The summed E-state index contributed by atoms with van der Waals surface area (Å²) in [6, 6.07) is 20.2. The van der Waals surface area contributed by atoms with Crippen molar-refractivity contribution in [3.63, 3.8) is 0 Å². The second kappa shape index (κ2) is 31.3. The van der Waals surface area contributed by atoms with Crippen LogP contribution in [0.25, 0.3) is 21.6 Å². The number of carbonyl (C=O) groups excluding carboxylic acids is 6. The summed E-state index contributed by atoms with van der Waals surface area (Å²) in [5.41, 5.74) is 4.91. The first-order valence-electron chi connectivity index (χ1n) is 31.0. The number of likely N-dealkylation sites (N-methyl/N-ethyl adjacent to an activating group) is 1. The van der Waals surface area contributed by atoms with E-state index in [0.717, 1.165) is 129 Å². The molecule has 0 radical (unpaired) electrons. The third-order valence-electron chi connectivity index (χ3n) is 16.8. The van der Waals surface area contributed by atoms with Crippen molar-refractivity contribution in [2.24, 2.45) is 5.41 Å². The van der Waals surface area contributed by atoms with E-state index in [-0.39, 0.29) is 43.7 Å². The van der Waals surface area contributed by atoms with E-state index in [1.807, 2.05) is 88.8 Å². The van der Waals surface area contributed by atoms with Crippen LogP contribution >= 0.6 is 11.3 Å². The summed E-state index contributed by atoms with van der Waals surface area (Å²) in [5.74, 6) is -2.44. The number of halogens is 3. The largest absolute Gasteiger partial charge is 0.461 e. The summed E-state index contributed by atoms with van der Waals surface area (Å²) in [7, 11) is 2.02. The van der Waals surface area contributed by atoms with Gasteiger partial charge in [-0.15, -0.1) is 11.3 Å². The second-order valence-electron chi connectivity index (χ2n) is 24.8. The Balaban J connectivity index is 0.701. The lowest BCUT2D eigenvalue weighted by Crippen LogP contribution is -2.57. The predicted molar refractivity (Wildman–Crippen MR) is 339 cm³/mol. The van der Waals surface area contributed by atoms with Crippen LogP contribution in [0.1, 0.15) is 125 Å². The Morgan fingerprint density at radius 3 is 2.07 bits per heavy atom. The number of unbranched alkanes of at least 4 members (excludes halogenated alkanes) is 6. The lowest BCUT2D eigenvalue weighted by atomic mass is 9.85. The number of hydrogen-bond donors (Lipinski definition) is 5. The summed E-state index contributed by atoms with van der Waals surface area (Å²) >= 11 is 1.57. The Morgan fingerprint density at radius 2 is 1.42 bits per heavy atom. The average molecular weight is 1250 g/mol. The number of carbonyl (C=O) groups is 6. The molecule has 3 aliphatic rings. The number of nitrogens with zero attached hydrogens (tertiary/aromatic N) is 6. The van der Waals surface area contributed by atoms with Gasteiger partial charge in [0.25, 0.3) is 5.91 Å². The molecule has 5 N–H and O–H groups in total. The minimum atomic E-state index is -4.91. The lowest BCUT2D eigenvalue weighted by molar-refractivity contribution is -0.147. The number of piperazine rings is 2. The van der Waals surface area contributed by atoms with Gasteiger partial charge >= 0.3 is 12.1 Å². The summed E-state index contributed by atoms with van der Waals surface area (Å²) < 4.78 is 47.4. The summed E-state index contributed by atoms with van der Waals surface area (Å²) in [4.78, 5) is 110. The van der Waals surface area contributed by atoms with Gasteiger partial charge < -0.3 is 45.7 Å². The predicted octanol–water partition coefficient (Wildman–Crippen LogP) is 8.62. The number of anilines is 2. The van der Waals surface area contributed by atoms with Gasteiger partial charge in [-0.1, -0.05) is 101 Å². The molecule has 19 nitrogen and oxygen atoms in total. The van der Waals surface area contributed by atoms with Crippen LogP contribution in [0.4, 0.5) is 24.5 Å². The first-order chi connectivity index (χ1) is 42.5. The number of alkyl halides is 3. The van der Waals surface area contributed by atoms with Crippen molar-refractivity contribution >= 4 is 58.2 Å². The topological polar surface area (TPSA) is 222 Å². The zero-order valence-corrected chi connectivity index (χ0v) is 52.9. The Labute approximate surface area is 523 Å². The van der Waals surface area contributed by atoms with Gasteiger partial charge in [-0.2, -0.15) is 13.2 Å². The molecule has 0 bridgehead atoms. The number of aromatic nitrogens is 2. The molecule has 23 heteroatoms. The molecule has 0 spiro atoms. The van der Waals surface area contributed by atoms with Gasteiger partial charge in [0, 0.05) is 117 Å². The zero-order valence-electron chi connectivity index (χ0n) is 52.1. The minimum absolute atomic E-state index is 0.0396. The second-order valence-corrected chi connectivity index (χ2v) is 25.6. The van der Waals surface area contributed by atoms with Crippen LogP contribution in [-0.4, -0.2) is 162 Å². The number of benzene rings is 3. The van der Waals surface area contributed by atoms with Crippen LogP contribution in [0.5, 0.6) is 0 Å². The van der Waals surface area contributed by atoms with Gasteiger partial charge in [0.05, 0.1) is 45.1 Å². The molecule has 5 aromatic rings. The number of rotatable bonds is 26. The number of aryl methyl sites for hydroxylation is 1. The van der Waals surface area contributed by atoms with Gasteiger partial charge in [-0.05, 0) is 78.2 Å². The number of aromatic amines is 1. The van der Waals surface area contributed by atoms with E-state index in [4.69, 9.17) is 4.74 Å². The first-order valence-corrected chi connectivity index (χ1v) is 31.9. The monoisotopic (exact) mass is 1250 g/mol. The van der Waals surface area contributed by atoms with Crippen molar-refractivity contribution in [3.05, 3.63) is 123 Å². The van der Waals surface area contributed by atoms with Crippen molar-refractivity contribution in [2.75, 3.05) is 89.3 Å². The number of amides is 5. The van der Waals surface area contributed by atoms with E-state index in [1.165, 1.54) is 11.8 Å². The number of esters is 1. The maximum absolute atomic E-state index is 14.3. The molecular weight excluding hydrogens is 1160 g/mol. The number of nitrogens with one attached hydrogen (secondary N) is 5. The average Bonchev–Trinajstić information content (AvgIpc) is 2.07. The van der Waals surface area contributed by atoms with Crippen LogP contribution in [0.2, 0.25) is 0 Å². The SMILES string of the molecule is CC(=O)O[C@@H]1C[C@@H](C(=O)NCc2ccc(-c3scnc3C)cc2)N(C(=O)C(NC(=O)CCCCCCCCCC(=O)NCCN2CCN(Cc3cccc(-c4ccc(N5CCN(C)CC5)c(NC(=O)c5c[nH]c(=O)cc5C(F)(F)F)c4)c3)CC2)C(C)(C)C)C1. The molecule has 5 amide bonds. The van der Waals surface area contributed by atoms with E-state index < -0.39 is 64.2 Å². The Hall–Kier alpha value is -7.47. The molecule has 8 rings (SSSR count). The normalized spacial score (nSPS) is 17.3. The van der Waals surface area contributed by atoms with Gasteiger partial charge in [-0.3, -0.25) is 43.4 Å². The Morgan fingerprint density at radius 1 is 0.764 bits per heavy atom. The fraction of sp³-hybridized carbons (Fsp3) is 0.515. The van der Waals surface area contributed by atoms with Crippen molar-refractivity contribution < 1.29 is 46.7 Å². The molecule has 3 atom stereocenters. The van der Waals surface area contributed by atoms with Crippen LogP contribution in [0, 0.1) is 12.3 Å². The highest BCUT2D eigenvalue weighted by Gasteiger charge is 2.46. The fourth-order valence-corrected chi connectivity index (χ4v) is 12.5. The molecule has 5 heterocycles. The summed E-state index contributed by atoms with van der Waals surface area (Å²) in [5, 5.41) is 11.8. The number of hydrogen-bond acceptors (Lipinski definition) is 14. The standard InChI is InChI=1S/C66H86F3N11O8S/c1-44-60(89-43-73-44)48-21-19-46(20-22-48)39-72-63(86)56-37-51(88-45(2)81)42-80(56)64(87)61(65(3,4)5)75-58(83)18-13-11-9-7-8-10-12-17-57(82)70-25-26-77-29-31-78(32-30-77)41-47-15-14-16-49(35-47)50-23-24-55(79-33-27-76(6)28-34-79)54(36-50)74-62(85)52-40-71-59(84)38-53(52)66(67,68)69/h14-16,19-24,35-36,38,40,43,51,56,61H,7-13,17-18,25-34,37,39,41-42H2,1-6H3,(H,70,82)(H,71,84)(H,72,86)(H,74,85)(H,75,83)/t51-,56+,61?/m1/s1. The molecule has 3 aliphatic heterocycles.